The highest BCUT2D eigenvalue weighted by atomic mass is 35.5. The van der Waals surface area contributed by atoms with Gasteiger partial charge in [-0.1, -0.05) is 23.7 Å². The number of pyridine rings is 1. The number of carbonyl (C=O) groups is 1. The molecule has 8 heteroatoms. The van der Waals surface area contributed by atoms with Gasteiger partial charge in [0.25, 0.3) is 5.69 Å². The number of methoxy groups -OCH3 is 1. The Morgan fingerprint density at radius 2 is 2.00 bits per heavy atom. The lowest BCUT2D eigenvalue weighted by molar-refractivity contribution is -0.384. The second-order valence-corrected chi connectivity index (χ2v) is 6.68. The molecule has 1 aliphatic heterocycles. The molecule has 1 atom stereocenters. The third-order valence-electron chi connectivity index (χ3n) is 4.63. The monoisotopic (exact) mass is 399 g/mol. The highest BCUT2D eigenvalue weighted by Crippen LogP contribution is 2.45. The number of nitro groups is 1. The standard InChI is InChI=1S/C20H18ClN3O4/c1-11-16(15-8-5-9-22-19(15)21)18(17(12(2)23-11)20(25)28-3)13-6-4-7-14(10-13)24(26)27/h4-10,18,23H,1-3H3. The zero-order valence-corrected chi connectivity index (χ0v) is 16.3. The van der Waals surface area contributed by atoms with Crippen LogP contribution in [0.3, 0.4) is 0 Å². The van der Waals surface area contributed by atoms with Crippen LogP contribution in [0.15, 0.2) is 59.6 Å². The van der Waals surface area contributed by atoms with Crippen molar-refractivity contribution < 1.29 is 14.5 Å². The van der Waals surface area contributed by atoms with E-state index in [-0.39, 0.29) is 10.8 Å². The highest BCUT2D eigenvalue weighted by Gasteiger charge is 2.35. The molecule has 0 radical (unpaired) electrons. The molecule has 1 unspecified atom stereocenters. The molecule has 0 amide bonds. The van der Waals surface area contributed by atoms with Gasteiger partial charge in [0.05, 0.1) is 17.6 Å². The summed E-state index contributed by atoms with van der Waals surface area (Å²) in [6, 6.07) is 9.76. The van der Waals surface area contributed by atoms with Gasteiger partial charge in [-0.25, -0.2) is 9.78 Å². The van der Waals surface area contributed by atoms with E-state index in [0.717, 1.165) is 5.70 Å². The van der Waals surface area contributed by atoms with Crippen molar-refractivity contribution in [1.29, 1.82) is 0 Å². The SMILES string of the molecule is COC(=O)C1=C(C)NC(C)=C(c2cccnc2Cl)C1c1cccc([N+](=O)[O-])c1. The Hall–Kier alpha value is -3.19. The number of esters is 1. The number of carbonyl (C=O) groups excluding carboxylic acids is 1. The molecule has 28 heavy (non-hydrogen) atoms. The Kier molecular flexibility index (Phi) is 5.46. The number of ether oxygens (including phenoxy) is 1. The summed E-state index contributed by atoms with van der Waals surface area (Å²) in [6.07, 6.45) is 1.57. The van der Waals surface area contributed by atoms with Crippen molar-refractivity contribution in [1.82, 2.24) is 10.3 Å². The molecule has 2 aromatic rings. The molecule has 0 aliphatic carbocycles. The number of halogens is 1. The Bertz CT molecular complexity index is 1030. The number of allylic oxidation sites excluding steroid dienone is 3. The Morgan fingerprint density at radius 3 is 2.64 bits per heavy atom. The largest absolute Gasteiger partial charge is 0.466 e. The number of dihydropyridines is 1. The summed E-state index contributed by atoms with van der Waals surface area (Å²) >= 11 is 6.34. The minimum Gasteiger partial charge on any atom is -0.466 e. The number of non-ortho nitro benzene ring substituents is 1. The first-order valence-electron chi connectivity index (χ1n) is 8.47. The predicted molar refractivity (Wildman–Crippen MR) is 106 cm³/mol. The Balaban J connectivity index is 2.30. The van der Waals surface area contributed by atoms with Crippen LogP contribution in [0, 0.1) is 10.1 Å². The number of nitrogens with one attached hydrogen (secondary N) is 1. The molecule has 0 bridgehead atoms. The summed E-state index contributed by atoms with van der Waals surface area (Å²) in [7, 11) is 1.30. The molecule has 3 rings (SSSR count). The van der Waals surface area contributed by atoms with Crippen molar-refractivity contribution in [3.63, 3.8) is 0 Å². The van der Waals surface area contributed by atoms with Crippen LogP contribution in [0.2, 0.25) is 5.15 Å². The maximum absolute atomic E-state index is 12.6. The molecule has 144 valence electrons. The van der Waals surface area contributed by atoms with Crippen LogP contribution in [0.4, 0.5) is 5.69 Å². The van der Waals surface area contributed by atoms with Crippen LogP contribution >= 0.6 is 11.6 Å². The summed E-state index contributed by atoms with van der Waals surface area (Å²) in [5.74, 6) is -1.12. The van der Waals surface area contributed by atoms with Gasteiger partial charge >= 0.3 is 5.97 Å². The first kappa shape index (κ1) is 19.6. The number of benzene rings is 1. The van der Waals surface area contributed by atoms with Crippen LogP contribution < -0.4 is 5.32 Å². The molecule has 0 fully saturated rings. The summed E-state index contributed by atoms with van der Waals surface area (Å²) in [4.78, 5) is 27.6. The fraction of sp³-hybridized carbons (Fsp3) is 0.200. The molecule has 1 aliphatic rings. The number of hydrogen-bond acceptors (Lipinski definition) is 6. The van der Waals surface area contributed by atoms with Crippen molar-refractivity contribution in [2.24, 2.45) is 0 Å². The molecule has 7 nitrogen and oxygen atoms in total. The lowest BCUT2D eigenvalue weighted by Crippen LogP contribution is -2.28. The molecule has 1 N–H and O–H groups in total. The molecule has 0 saturated carbocycles. The summed E-state index contributed by atoms with van der Waals surface area (Å²) in [5.41, 5.74) is 3.63. The molecule has 1 aromatic heterocycles. The molecule has 2 heterocycles. The van der Waals surface area contributed by atoms with Crippen LogP contribution in [-0.2, 0) is 9.53 Å². The van der Waals surface area contributed by atoms with E-state index in [1.807, 2.05) is 6.92 Å². The second-order valence-electron chi connectivity index (χ2n) is 6.32. The van der Waals surface area contributed by atoms with Gasteiger partial charge < -0.3 is 10.1 Å². The van der Waals surface area contributed by atoms with E-state index in [2.05, 4.69) is 10.3 Å². The maximum atomic E-state index is 12.6. The van der Waals surface area contributed by atoms with Gasteiger partial charge in [-0.05, 0) is 37.1 Å². The van der Waals surface area contributed by atoms with E-state index < -0.39 is 16.8 Å². The predicted octanol–water partition coefficient (Wildman–Crippen LogP) is 4.21. The number of nitrogens with zero attached hydrogens (tertiary/aromatic N) is 2. The lowest BCUT2D eigenvalue weighted by atomic mass is 9.78. The quantitative estimate of drug-likeness (QED) is 0.358. The molecule has 0 spiro atoms. The Labute approximate surface area is 166 Å². The van der Waals surface area contributed by atoms with E-state index in [1.54, 1.807) is 37.4 Å². The van der Waals surface area contributed by atoms with Gasteiger partial charge in [0.2, 0.25) is 0 Å². The van der Waals surface area contributed by atoms with Gasteiger partial charge in [0.15, 0.2) is 0 Å². The fourth-order valence-electron chi connectivity index (χ4n) is 3.47. The van der Waals surface area contributed by atoms with Crippen molar-refractivity contribution in [2.45, 2.75) is 19.8 Å². The minimum absolute atomic E-state index is 0.0628. The summed E-state index contributed by atoms with van der Waals surface area (Å²) in [6.45, 7) is 3.63. The lowest BCUT2D eigenvalue weighted by Gasteiger charge is -2.31. The molecule has 1 aromatic carbocycles. The van der Waals surface area contributed by atoms with Crippen molar-refractivity contribution >= 4 is 28.8 Å². The van der Waals surface area contributed by atoms with Gasteiger partial charge in [0, 0.05) is 41.2 Å². The van der Waals surface area contributed by atoms with Gasteiger partial charge in [-0.2, -0.15) is 0 Å². The molecular weight excluding hydrogens is 382 g/mol. The van der Waals surface area contributed by atoms with E-state index in [9.17, 15) is 14.9 Å². The van der Waals surface area contributed by atoms with E-state index in [0.29, 0.717) is 28.0 Å². The Morgan fingerprint density at radius 1 is 1.25 bits per heavy atom. The molecule has 0 saturated heterocycles. The number of rotatable bonds is 4. The van der Waals surface area contributed by atoms with Crippen LogP contribution in [0.25, 0.3) is 5.57 Å². The third-order valence-corrected chi connectivity index (χ3v) is 4.93. The van der Waals surface area contributed by atoms with Crippen molar-refractivity contribution in [3.05, 3.63) is 86.0 Å². The van der Waals surface area contributed by atoms with Crippen LogP contribution in [-0.4, -0.2) is 23.0 Å². The normalized spacial score (nSPS) is 16.6. The topological polar surface area (TPSA) is 94.4 Å². The number of nitro benzene ring substituents is 1. The summed E-state index contributed by atoms with van der Waals surface area (Å²) in [5, 5.41) is 14.8. The van der Waals surface area contributed by atoms with Gasteiger partial charge in [0.1, 0.15) is 5.15 Å². The van der Waals surface area contributed by atoms with E-state index in [4.69, 9.17) is 16.3 Å². The third kappa shape index (κ3) is 3.48. The first-order valence-corrected chi connectivity index (χ1v) is 8.85. The van der Waals surface area contributed by atoms with Crippen molar-refractivity contribution in [2.75, 3.05) is 7.11 Å². The maximum Gasteiger partial charge on any atom is 0.336 e. The second kappa shape index (κ2) is 7.82. The van der Waals surface area contributed by atoms with Crippen LogP contribution in [0.1, 0.15) is 30.9 Å². The zero-order valence-electron chi connectivity index (χ0n) is 15.5. The van der Waals surface area contributed by atoms with E-state index >= 15 is 0 Å². The number of aromatic nitrogens is 1. The van der Waals surface area contributed by atoms with Gasteiger partial charge in [-0.3, -0.25) is 10.1 Å². The number of hydrogen-bond donors (Lipinski definition) is 1. The zero-order chi connectivity index (χ0) is 20.4. The average molecular weight is 400 g/mol. The first-order chi connectivity index (χ1) is 13.3. The van der Waals surface area contributed by atoms with Crippen LogP contribution in [0.5, 0.6) is 0 Å². The highest BCUT2D eigenvalue weighted by molar-refractivity contribution is 6.31. The molecular formula is C20H18ClN3O4. The fourth-order valence-corrected chi connectivity index (χ4v) is 3.69. The smallest absolute Gasteiger partial charge is 0.336 e. The van der Waals surface area contributed by atoms with Gasteiger partial charge in [-0.15, -0.1) is 0 Å². The van der Waals surface area contributed by atoms with Crippen molar-refractivity contribution in [3.8, 4) is 0 Å². The van der Waals surface area contributed by atoms with E-state index in [1.165, 1.54) is 19.2 Å². The minimum atomic E-state index is -0.602. The average Bonchev–Trinajstić information content (AvgIpc) is 2.68. The summed E-state index contributed by atoms with van der Waals surface area (Å²) < 4.78 is 5.00.